The minimum absolute atomic E-state index is 0.648. The van der Waals surface area contributed by atoms with Gasteiger partial charge in [-0.2, -0.15) is 0 Å². The molecule has 0 saturated heterocycles. The molecular formula is C16H28N2O+2. The highest BCUT2D eigenvalue weighted by Crippen LogP contribution is 2.22. The van der Waals surface area contributed by atoms with Crippen molar-refractivity contribution in [3.05, 3.63) is 29.3 Å². The van der Waals surface area contributed by atoms with Gasteiger partial charge in [-0.05, 0) is 31.0 Å². The quantitative estimate of drug-likeness (QED) is 0.771. The summed E-state index contributed by atoms with van der Waals surface area (Å²) in [5.74, 6) is 0.986. The highest BCUT2D eigenvalue weighted by Gasteiger charge is 2.30. The predicted octanol–water partition coefficient (Wildman–Crippen LogP) is 0.518. The molecule has 0 amide bonds. The lowest BCUT2D eigenvalue weighted by molar-refractivity contribution is -0.948. The van der Waals surface area contributed by atoms with Crippen molar-refractivity contribution < 1.29 is 15.0 Å². The Morgan fingerprint density at radius 1 is 1.26 bits per heavy atom. The average molecular weight is 264 g/mol. The van der Waals surface area contributed by atoms with Gasteiger partial charge in [0.15, 0.2) is 6.04 Å². The Morgan fingerprint density at radius 3 is 2.63 bits per heavy atom. The summed E-state index contributed by atoms with van der Waals surface area (Å²) in [6.07, 6.45) is 2.52. The molecule has 0 aliphatic carbocycles. The maximum atomic E-state index is 5.35. The molecule has 1 aliphatic heterocycles. The van der Waals surface area contributed by atoms with E-state index in [1.165, 1.54) is 38.0 Å². The third-order valence-electron chi connectivity index (χ3n) is 4.13. The topological polar surface area (TPSA) is 30.3 Å². The first-order valence-corrected chi connectivity index (χ1v) is 7.63. The second-order valence-corrected chi connectivity index (χ2v) is 5.50. The lowest BCUT2D eigenvalue weighted by Gasteiger charge is -2.31. The van der Waals surface area contributed by atoms with Gasteiger partial charge in [0.2, 0.25) is 0 Å². The third-order valence-corrected chi connectivity index (χ3v) is 4.13. The van der Waals surface area contributed by atoms with Crippen LogP contribution in [0.25, 0.3) is 0 Å². The van der Waals surface area contributed by atoms with E-state index in [0.29, 0.717) is 6.04 Å². The molecule has 0 unspecified atom stereocenters. The van der Waals surface area contributed by atoms with Gasteiger partial charge in [-0.15, -0.1) is 0 Å². The van der Waals surface area contributed by atoms with E-state index in [4.69, 9.17) is 4.74 Å². The molecule has 19 heavy (non-hydrogen) atoms. The number of hydrogen-bond donors (Lipinski definition) is 2. The number of fused-ring (bicyclic) bond motifs is 1. The fraction of sp³-hybridized carbons (Fsp3) is 0.625. The normalized spacial score (nSPS) is 18.4. The van der Waals surface area contributed by atoms with Crippen LogP contribution in [0.15, 0.2) is 18.2 Å². The molecule has 0 bridgehead atoms. The highest BCUT2D eigenvalue weighted by atomic mass is 16.5. The molecule has 0 radical (unpaired) electrons. The van der Waals surface area contributed by atoms with Crippen LogP contribution in [0, 0.1) is 0 Å². The van der Waals surface area contributed by atoms with Gasteiger partial charge in [0, 0.05) is 11.1 Å². The molecule has 1 aliphatic rings. The van der Waals surface area contributed by atoms with E-state index in [9.17, 15) is 0 Å². The minimum atomic E-state index is 0.648. The summed E-state index contributed by atoms with van der Waals surface area (Å²) in [4.78, 5) is 1.74. The van der Waals surface area contributed by atoms with E-state index < -0.39 is 0 Å². The number of nitrogens with one attached hydrogen (secondary N) is 1. The summed E-state index contributed by atoms with van der Waals surface area (Å²) in [7, 11) is 1.75. The van der Waals surface area contributed by atoms with Gasteiger partial charge < -0.3 is 15.0 Å². The van der Waals surface area contributed by atoms with Crippen LogP contribution in [0.3, 0.4) is 0 Å². The molecule has 106 valence electrons. The fourth-order valence-corrected chi connectivity index (χ4v) is 3.26. The van der Waals surface area contributed by atoms with Crippen molar-refractivity contribution in [2.75, 3.05) is 26.7 Å². The predicted molar refractivity (Wildman–Crippen MR) is 77.5 cm³/mol. The lowest BCUT2D eigenvalue weighted by Crippen LogP contribution is -3.15. The van der Waals surface area contributed by atoms with Crippen molar-refractivity contribution in [3.8, 4) is 5.75 Å². The molecule has 2 rings (SSSR count). The Bertz CT molecular complexity index is 400. The Hall–Kier alpha value is -1.06. The lowest BCUT2D eigenvalue weighted by atomic mass is 9.95. The molecule has 1 atom stereocenters. The van der Waals surface area contributed by atoms with Crippen LogP contribution < -0.4 is 15.0 Å². The number of hydrogen-bond acceptors (Lipinski definition) is 1. The van der Waals surface area contributed by atoms with Gasteiger partial charge in [-0.25, -0.2) is 0 Å². The smallest absolute Gasteiger partial charge is 0.163 e. The maximum absolute atomic E-state index is 5.35. The minimum Gasteiger partial charge on any atom is -0.497 e. The van der Waals surface area contributed by atoms with Gasteiger partial charge in [-0.1, -0.05) is 13.8 Å². The van der Waals surface area contributed by atoms with E-state index in [2.05, 4.69) is 37.4 Å². The van der Waals surface area contributed by atoms with Gasteiger partial charge >= 0.3 is 0 Å². The first-order valence-electron chi connectivity index (χ1n) is 7.63. The molecule has 0 aromatic heterocycles. The second kappa shape index (κ2) is 6.92. The van der Waals surface area contributed by atoms with Crippen LogP contribution in [0.4, 0.5) is 0 Å². The van der Waals surface area contributed by atoms with Crippen molar-refractivity contribution in [2.24, 2.45) is 0 Å². The molecule has 3 heteroatoms. The SMILES string of the molecule is CCC[NH+](CCC)[C@H]1C[NH2+]Cc2cc(OC)ccc21. The van der Waals surface area contributed by atoms with Gasteiger partial charge in [0.25, 0.3) is 0 Å². The largest absolute Gasteiger partial charge is 0.497 e. The molecule has 0 spiro atoms. The zero-order valence-corrected chi connectivity index (χ0v) is 12.5. The summed E-state index contributed by atoms with van der Waals surface area (Å²) in [5, 5.41) is 2.44. The molecule has 1 heterocycles. The first-order chi connectivity index (χ1) is 9.30. The summed E-state index contributed by atoms with van der Waals surface area (Å²) >= 11 is 0. The van der Waals surface area contributed by atoms with Crippen molar-refractivity contribution in [1.82, 2.24) is 0 Å². The molecular weight excluding hydrogens is 236 g/mol. The Labute approximate surface area is 116 Å². The fourth-order valence-electron chi connectivity index (χ4n) is 3.26. The van der Waals surface area contributed by atoms with Gasteiger partial charge in [-0.3, -0.25) is 0 Å². The summed E-state index contributed by atoms with van der Waals surface area (Å²) in [5.41, 5.74) is 3.00. The maximum Gasteiger partial charge on any atom is 0.163 e. The van der Waals surface area contributed by atoms with Crippen LogP contribution in [-0.4, -0.2) is 26.7 Å². The number of quaternary nitrogens is 2. The van der Waals surface area contributed by atoms with E-state index in [0.717, 1.165) is 12.3 Å². The average Bonchev–Trinajstić information content (AvgIpc) is 2.46. The van der Waals surface area contributed by atoms with Crippen LogP contribution in [-0.2, 0) is 6.54 Å². The number of methoxy groups -OCH3 is 1. The Morgan fingerprint density at radius 2 is 2.00 bits per heavy atom. The first kappa shape index (κ1) is 14.4. The van der Waals surface area contributed by atoms with Crippen LogP contribution in [0.1, 0.15) is 43.9 Å². The standard InChI is InChI=1S/C16H26N2O/c1-4-8-18(9-5-2)16-12-17-11-13-10-14(19-3)6-7-15(13)16/h6-7,10,16-17H,4-5,8-9,11-12H2,1-3H3/p+2/t16-/m0/s1. The molecule has 0 saturated carbocycles. The Balaban J connectivity index is 2.24. The van der Waals surface area contributed by atoms with Crippen molar-refractivity contribution in [3.63, 3.8) is 0 Å². The van der Waals surface area contributed by atoms with Crippen LogP contribution in [0.5, 0.6) is 5.75 Å². The molecule has 3 nitrogen and oxygen atoms in total. The van der Waals surface area contributed by atoms with Gasteiger partial charge in [0.05, 0.1) is 20.2 Å². The van der Waals surface area contributed by atoms with Crippen molar-refractivity contribution in [1.29, 1.82) is 0 Å². The van der Waals surface area contributed by atoms with Crippen LogP contribution >= 0.6 is 0 Å². The number of benzene rings is 1. The highest BCUT2D eigenvalue weighted by molar-refractivity contribution is 5.37. The zero-order chi connectivity index (χ0) is 13.7. The molecule has 0 fully saturated rings. The van der Waals surface area contributed by atoms with E-state index >= 15 is 0 Å². The van der Waals surface area contributed by atoms with Gasteiger partial charge in [0.1, 0.15) is 18.8 Å². The number of nitrogens with two attached hydrogens (primary N) is 1. The molecule has 1 aromatic rings. The monoisotopic (exact) mass is 264 g/mol. The van der Waals surface area contributed by atoms with E-state index in [1.807, 2.05) is 0 Å². The zero-order valence-electron chi connectivity index (χ0n) is 12.5. The number of ether oxygens (including phenoxy) is 1. The van der Waals surface area contributed by atoms with Crippen molar-refractivity contribution >= 4 is 0 Å². The summed E-state index contributed by atoms with van der Waals surface area (Å²) in [6.45, 7) is 9.44. The Kier molecular flexibility index (Phi) is 5.23. The molecule has 1 aromatic carbocycles. The summed E-state index contributed by atoms with van der Waals surface area (Å²) in [6, 6.07) is 7.27. The second-order valence-electron chi connectivity index (χ2n) is 5.50. The van der Waals surface area contributed by atoms with E-state index in [1.54, 1.807) is 17.6 Å². The molecule has 3 N–H and O–H groups in total. The third kappa shape index (κ3) is 3.28. The van der Waals surface area contributed by atoms with E-state index in [-0.39, 0.29) is 0 Å². The number of rotatable bonds is 6. The summed E-state index contributed by atoms with van der Waals surface area (Å²) < 4.78 is 5.35. The van der Waals surface area contributed by atoms with Crippen LogP contribution in [0.2, 0.25) is 0 Å². The van der Waals surface area contributed by atoms with Crippen molar-refractivity contribution in [2.45, 2.75) is 39.3 Å².